The molecule has 1 N–H and O–H groups in total. The number of nitrogens with zero attached hydrogens (tertiary/aromatic N) is 2. The van der Waals surface area contributed by atoms with Crippen LogP contribution in [-0.4, -0.2) is 12.5 Å². The average molecular weight is 422 g/mol. The second kappa shape index (κ2) is 13.7. The molecule has 0 spiro atoms. The highest BCUT2D eigenvalue weighted by Gasteiger charge is 2.18. The minimum atomic E-state index is 0.742. The van der Waals surface area contributed by atoms with Crippen molar-refractivity contribution in [3.05, 3.63) is 54.6 Å². The van der Waals surface area contributed by atoms with E-state index in [-0.39, 0.29) is 0 Å². The summed E-state index contributed by atoms with van der Waals surface area (Å²) in [4.78, 5) is 2.27. The zero-order valence-corrected chi connectivity index (χ0v) is 19.2. The minimum absolute atomic E-state index is 0.742. The lowest BCUT2D eigenvalue weighted by Gasteiger charge is -2.19. The number of unbranched alkanes of at least 4 members (excludes halogenated alkanes) is 10. The number of benzene rings is 2. The van der Waals surface area contributed by atoms with Crippen LogP contribution in [-0.2, 0) is 0 Å². The molecule has 1 aliphatic heterocycles. The summed E-state index contributed by atoms with van der Waals surface area (Å²) in [5.41, 5.74) is 4.31. The predicted molar refractivity (Wildman–Crippen MR) is 132 cm³/mol. The molecular formula is C27H39N3O. The standard InChI is InChI=1S/C27H39N3O/c1-2-3-4-5-6-7-8-9-10-11-15-18-27-29-28-23-30(27)24-19-21-26(22-20-24)31-25-16-13-12-14-17-25/h12-14,16-17,19-22,28H,2-11,15,18,23H2,1H3. The Hall–Kier alpha value is -2.49. The molecule has 4 nitrogen and oxygen atoms in total. The van der Waals surface area contributed by atoms with Gasteiger partial charge >= 0.3 is 0 Å². The fourth-order valence-corrected chi connectivity index (χ4v) is 4.05. The second-order valence-corrected chi connectivity index (χ2v) is 8.47. The monoisotopic (exact) mass is 421 g/mol. The van der Waals surface area contributed by atoms with Gasteiger partial charge in [0.2, 0.25) is 0 Å². The molecule has 0 fully saturated rings. The summed E-state index contributed by atoms with van der Waals surface area (Å²) in [6.07, 6.45) is 16.1. The third-order valence-corrected chi connectivity index (χ3v) is 5.88. The highest BCUT2D eigenvalue weighted by atomic mass is 16.5. The summed E-state index contributed by atoms with van der Waals surface area (Å²) < 4.78 is 5.90. The lowest BCUT2D eigenvalue weighted by Crippen LogP contribution is -2.29. The second-order valence-electron chi connectivity index (χ2n) is 8.47. The number of anilines is 1. The Morgan fingerprint density at radius 1 is 0.742 bits per heavy atom. The maximum absolute atomic E-state index is 5.90. The van der Waals surface area contributed by atoms with Crippen LogP contribution in [0.5, 0.6) is 11.5 Å². The first-order chi connectivity index (χ1) is 15.4. The molecular weight excluding hydrogens is 382 g/mol. The Labute approximate surface area is 188 Å². The summed E-state index contributed by atoms with van der Waals surface area (Å²) in [5, 5.41) is 4.53. The molecule has 0 unspecified atom stereocenters. The van der Waals surface area contributed by atoms with Crippen molar-refractivity contribution in [2.75, 3.05) is 11.6 Å². The fraction of sp³-hybridized carbons (Fsp3) is 0.519. The number of hydrazone groups is 1. The van der Waals surface area contributed by atoms with E-state index in [2.05, 4.69) is 34.5 Å². The van der Waals surface area contributed by atoms with E-state index in [9.17, 15) is 0 Å². The molecule has 0 bridgehead atoms. The van der Waals surface area contributed by atoms with Gasteiger partial charge in [-0.05, 0) is 42.8 Å². The molecule has 0 saturated carbocycles. The molecule has 2 aromatic carbocycles. The third kappa shape index (κ3) is 8.28. The van der Waals surface area contributed by atoms with Gasteiger partial charge in [0, 0.05) is 12.1 Å². The van der Waals surface area contributed by atoms with Gasteiger partial charge in [-0.3, -0.25) is 5.43 Å². The van der Waals surface area contributed by atoms with Crippen molar-refractivity contribution in [1.82, 2.24) is 5.43 Å². The number of hydrogen-bond acceptors (Lipinski definition) is 4. The van der Waals surface area contributed by atoms with E-state index in [4.69, 9.17) is 4.74 Å². The predicted octanol–water partition coefficient (Wildman–Crippen LogP) is 7.86. The van der Waals surface area contributed by atoms with Crippen molar-refractivity contribution in [3.8, 4) is 11.5 Å². The Morgan fingerprint density at radius 2 is 1.32 bits per heavy atom. The van der Waals surface area contributed by atoms with Gasteiger partial charge in [0.1, 0.15) is 24.0 Å². The van der Waals surface area contributed by atoms with E-state index in [1.165, 1.54) is 70.6 Å². The van der Waals surface area contributed by atoms with Crippen LogP contribution in [0, 0.1) is 0 Å². The Morgan fingerprint density at radius 3 is 1.97 bits per heavy atom. The van der Waals surface area contributed by atoms with Crippen LogP contribution in [0.25, 0.3) is 0 Å². The van der Waals surface area contributed by atoms with Crippen LogP contribution < -0.4 is 15.1 Å². The van der Waals surface area contributed by atoms with Crippen molar-refractivity contribution < 1.29 is 4.74 Å². The first-order valence-corrected chi connectivity index (χ1v) is 12.3. The van der Waals surface area contributed by atoms with Crippen molar-refractivity contribution in [2.45, 2.75) is 84.0 Å². The van der Waals surface area contributed by atoms with Gasteiger partial charge in [-0.15, -0.1) is 0 Å². The molecule has 0 aromatic heterocycles. The molecule has 0 amide bonds. The van der Waals surface area contributed by atoms with Crippen LogP contribution in [0.2, 0.25) is 0 Å². The zero-order chi connectivity index (χ0) is 21.6. The maximum atomic E-state index is 5.90. The quantitative estimate of drug-likeness (QED) is 0.297. The first kappa shape index (κ1) is 23.2. The molecule has 2 aromatic rings. The van der Waals surface area contributed by atoms with Crippen molar-refractivity contribution in [1.29, 1.82) is 0 Å². The van der Waals surface area contributed by atoms with Gasteiger partial charge in [0.15, 0.2) is 0 Å². The third-order valence-electron chi connectivity index (χ3n) is 5.88. The molecule has 1 heterocycles. The van der Waals surface area contributed by atoms with E-state index < -0.39 is 0 Å². The highest BCUT2D eigenvalue weighted by Crippen LogP contribution is 2.26. The van der Waals surface area contributed by atoms with Crippen molar-refractivity contribution >= 4 is 11.5 Å². The van der Waals surface area contributed by atoms with E-state index >= 15 is 0 Å². The van der Waals surface area contributed by atoms with Gasteiger partial charge in [0.05, 0.1) is 0 Å². The van der Waals surface area contributed by atoms with E-state index in [0.717, 1.165) is 36.1 Å². The molecule has 0 aliphatic carbocycles. The Balaban J connectivity index is 1.32. The number of ether oxygens (including phenoxy) is 1. The first-order valence-electron chi connectivity index (χ1n) is 12.3. The lowest BCUT2D eigenvalue weighted by atomic mass is 10.0. The number of hydrogen-bond donors (Lipinski definition) is 1. The van der Waals surface area contributed by atoms with E-state index in [0.29, 0.717) is 0 Å². The molecule has 168 valence electrons. The highest BCUT2D eigenvalue weighted by molar-refractivity contribution is 5.98. The number of nitrogens with one attached hydrogen (secondary N) is 1. The van der Waals surface area contributed by atoms with E-state index in [1.807, 2.05) is 42.5 Å². The number of amidine groups is 1. The summed E-state index contributed by atoms with van der Waals surface area (Å²) in [5.74, 6) is 2.86. The van der Waals surface area contributed by atoms with Crippen molar-refractivity contribution in [3.63, 3.8) is 0 Å². The number of rotatable bonds is 15. The Bertz CT molecular complexity index is 758. The summed E-state index contributed by atoms with van der Waals surface area (Å²) in [6, 6.07) is 18.2. The fourth-order valence-electron chi connectivity index (χ4n) is 4.05. The van der Waals surface area contributed by atoms with Crippen LogP contribution >= 0.6 is 0 Å². The van der Waals surface area contributed by atoms with Gasteiger partial charge in [-0.2, -0.15) is 5.10 Å². The van der Waals surface area contributed by atoms with Crippen LogP contribution in [0.4, 0.5) is 5.69 Å². The summed E-state index contributed by atoms with van der Waals surface area (Å²) in [7, 11) is 0. The van der Waals surface area contributed by atoms with Gasteiger partial charge in [0.25, 0.3) is 0 Å². The van der Waals surface area contributed by atoms with Gasteiger partial charge < -0.3 is 9.64 Å². The summed E-state index contributed by atoms with van der Waals surface area (Å²) in [6.45, 7) is 3.02. The topological polar surface area (TPSA) is 36.9 Å². The normalized spacial score (nSPS) is 13.2. The zero-order valence-electron chi connectivity index (χ0n) is 19.2. The molecule has 31 heavy (non-hydrogen) atoms. The molecule has 0 atom stereocenters. The minimum Gasteiger partial charge on any atom is -0.457 e. The average Bonchev–Trinajstić information content (AvgIpc) is 3.27. The summed E-state index contributed by atoms with van der Waals surface area (Å²) >= 11 is 0. The largest absolute Gasteiger partial charge is 0.457 e. The lowest BCUT2D eigenvalue weighted by molar-refractivity contribution is 0.482. The van der Waals surface area contributed by atoms with E-state index in [1.54, 1.807) is 0 Å². The number of para-hydroxylation sites is 1. The molecule has 3 rings (SSSR count). The SMILES string of the molecule is CCCCCCCCCCCCCC1=NNCN1c1ccc(Oc2ccccc2)cc1. The smallest absolute Gasteiger partial charge is 0.130 e. The molecule has 1 aliphatic rings. The van der Waals surface area contributed by atoms with Gasteiger partial charge in [-0.25, -0.2) is 0 Å². The molecule has 0 radical (unpaired) electrons. The maximum Gasteiger partial charge on any atom is 0.130 e. The van der Waals surface area contributed by atoms with Gasteiger partial charge in [-0.1, -0.05) is 89.3 Å². The Kier molecular flexibility index (Phi) is 10.3. The van der Waals surface area contributed by atoms with Crippen molar-refractivity contribution in [2.24, 2.45) is 5.10 Å². The van der Waals surface area contributed by atoms with Crippen LogP contribution in [0.3, 0.4) is 0 Å². The van der Waals surface area contributed by atoms with Crippen LogP contribution in [0.15, 0.2) is 59.7 Å². The molecule has 0 saturated heterocycles. The molecule has 4 heteroatoms. The van der Waals surface area contributed by atoms with Crippen LogP contribution in [0.1, 0.15) is 84.0 Å².